The molecule has 0 fully saturated rings. The fourth-order valence-corrected chi connectivity index (χ4v) is 1.94. The van der Waals surface area contributed by atoms with Crippen LogP contribution in [0.3, 0.4) is 0 Å². The van der Waals surface area contributed by atoms with Gasteiger partial charge in [0.1, 0.15) is 17.2 Å². The molecule has 2 N–H and O–H groups in total. The van der Waals surface area contributed by atoms with E-state index in [0.717, 1.165) is 17.0 Å². The van der Waals surface area contributed by atoms with Crippen molar-refractivity contribution in [3.63, 3.8) is 0 Å². The molecule has 3 aromatic rings. The Balaban J connectivity index is 2.23. The third kappa shape index (κ3) is 1.60. The highest BCUT2D eigenvalue weighted by atomic mass is 19.1. The zero-order chi connectivity index (χ0) is 12.7. The quantitative estimate of drug-likeness (QED) is 0.713. The van der Waals surface area contributed by atoms with E-state index in [9.17, 15) is 4.39 Å². The molecular formula is C13H11FN4. The summed E-state index contributed by atoms with van der Waals surface area (Å²) in [4.78, 5) is 8.52. The summed E-state index contributed by atoms with van der Waals surface area (Å²) in [5, 5.41) is 0. The van der Waals surface area contributed by atoms with E-state index in [4.69, 9.17) is 5.73 Å². The second-order valence-electron chi connectivity index (χ2n) is 4.10. The van der Waals surface area contributed by atoms with Crippen molar-refractivity contribution in [2.75, 3.05) is 5.73 Å². The Morgan fingerprint density at radius 3 is 2.78 bits per heavy atom. The first-order chi connectivity index (χ1) is 8.65. The van der Waals surface area contributed by atoms with Gasteiger partial charge in [0.25, 0.3) is 0 Å². The lowest BCUT2D eigenvalue weighted by Crippen LogP contribution is -1.92. The van der Waals surface area contributed by atoms with Crippen LogP contribution in [0.1, 0.15) is 5.69 Å². The molecule has 0 unspecified atom stereocenters. The Kier molecular flexibility index (Phi) is 2.26. The van der Waals surface area contributed by atoms with E-state index in [2.05, 4.69) is 9.97 Å². The molecule has 4 nitrogen and oxygen atoms in total. The summed E-state index contributed by atoms with van der Waals surface area (Å²) in [5.41, 5.74) is 9.52. The van der Waals surface area contributed by atoms with Gasteiger partial charge >= 0.3 is 0 Å². The predicted octanol–water partition coefficient (Wildman–Crippen LogP) is 2.43. The van der Waals surface area contributed by atoms with Crippen LogP contribution in [0.4, 0.5) is 10.1 Å². The number of nitrogens with zero attached hydrogens (tertiary/aromatic N) is 3. The van der Waals surface area contributed by atoms with Gasteiger partial charge in [-0.05, 0) is 31.2 Å². The number of aryl methyl sites for hydroxylation is 1. The van der Waals surface area contributed by atoms with Crippen LogP contribution in [-0.4, -0.2) is 14.4 Å². The summed E-state index contributed by atoms with van der Waals surface area (Å²) in [6.45, 7) is 1.93. The predicted molar refractivity (Wildman–Crippen MR) is 67.5 cm³/mol. The zero-order valence-corrected chi connectivity index (χ0v) is 9.76. The van der Waals surface area contributed by atoms with Crippen molar-refractivity contribution < 1.29 is 4.39 Å². The molecule has 18 heavy (non-hydrogen) atoms. The maximum absolute atomic E-state index is 12.9. The van der Waals surface area contributed by atoms with Gasteiger partial charge in [0.05, 0.1) is 11.9 Å². The lowest BCUT2D eigenvalue weighted by molar-refractivity contribution is 0.622. The van der Waals surface area contributed by atoms with Crippen LogP contribution in [0.15, 0.2) is 36.7 Å². The summed E-state index contributed by atoms with van der Waals surface area (Å²) in [5.74, 6) is -0.357. The van der Waals surface area contributed by atoms with Crippen LogP contribution >= 0.6 is 0 Å². The molecule has 5 heteroatoms. The van der Waals surface area contributed by atoms with Gasteiger partial charge in [0.2, 0.25) is 0 Å². The summed E-state index contributed by atoms with van der Waals surface area (Å²) in [6.07, 6.45) is 3.00. The third-order valence-electron chi connectivity index (χ3n) is 2.85. The summed E-state index contributed by atoms with van der Waals surface area (Å²) in [7, 11) is 0. The van der Waals surface area contributed by atoms with Gasteiger partial charge in [-0.1, -0.05) is 0 Å². The van der Waals surface area contributed by atoms with E-state index >= 15 is 0 Å². The molecule has 0 bridgehead atoms. The fraction of sp³-hybridized carbons (Fsp3) is 0.0769. The van der Waals surface area contributed by atoms with Crippen molar-refractivity contribution >= 4 is 11.3 Å². The van der Waals surface area contributed by atoms with Gasteiger partial charge in [-0.15, -0.1) is 0 Å². The van der Waals surface area contributed by atoms with Crippen LogP contribution in [0.25, 0.3) is 17.0 Å². The number of nitrogens with two attached hydrogens (primary N) is 1. The molecule has 0 aliphatic rings. The smallest absolute Gasteiger partial charge is 0.141 e. The first kappa shape index (κ1) is 10.7. The Morgan fingerprint density at radius 2 is 2.06 bits per heavy atom. The van der Waals surface area contributed by atoms with Crippen LogP contribution in [0, 0.1) is 12.7 Å². The molecule has 3 aromatic heterocycles. The van der Waals surface area contributed by atoms with Crippen LogP contribution in [0.5, 0.6) is 0 Å². The standard InChI is InChI=1S/C13H11FN4/c1-8-13(11-4-2-9(14)6-16-11)17-12-5-3-10(15)7-18(8)12/h2-7H,15H2,1H3. The molecule has 3 rings (SSSR count). The van der Waals surface area contributed by atoms with Crippen molar-refractivity contribution in [2.24, 2.45) is 0 Å². The number of nitrogen functional groups attached to an aromatic ring is 1. The molecule has 0 aromatic carbocycles. The summed E-state index contributed by atoms with van der Waals surface area (Å²) in [6, 6.07) is 6.63. The van der Waals surface area contributed by atoms with Crippen LogP contribution in [-0.2, 0) is 0 Å². The number of halogens is 1. The average molecular weight is 242 g/mol. The van der Waals surface area contributed by atoms with E-state index in [0.29, 0.717) is 11.4 Å². The number of hydrogen-bond acceptors (Lipinski definition) is 3. The maximum atomic E-state index is 12.9. The van der Waals surface area contributed by atoms with Gasteiger partial charge in [-0.2, -0.15) is 0 Å². The van der Waals surface area contributed by atoms with Crippen LogP contribution in [0.2, 0.25) is 0 Å². The van der Waals surface area contributed by atoms with Crippen molar-refractivity contribution in [2.45, 2.75) is 6.92 Å². The minimum absolute atomic E-state index is 0.357. The van der Waals surface area contributed by atoms with E-state index in [1.165, 1.54) is 12.3 Å². The summed E-state index contributed by atoms with van der Waals surface area (Å²) < 4.78 is 14.8. The number of pyridine rings is 2. The molecule has 90 valence electrons. The third-order valence-corrected chi connectivity index (χ3v) is 2.85. The molecule has 0 saturated heterocycles. The first-order valence-electron chi connectivity index (χ1n) is 5.51. The molecule has 0 saturated carbocycles. The second kappa shape index (κ2) is 3.80. The van der Waals surface area contributed by atoms with E-state index < -0.39 is 0 Å². The Hall–Kier alpha value is -2.43. The minimum atomic E-state index is -0.357. The van der Waals surface area contributed by atoms with Crippen LogP contribution < -0.4 is 5.73 Å². The van der Waals surface area contributed by atoms with Crippen molar-refractivity contribution in [3.05, 3.63) is 48.2 Å². The SMILES string of the molecule is Cc1c(-c2ccc(F)cn2)nc2ccc(N)cn12. The molecule has 0 aliphatic heterocycles. The second-order valence-corrected chi connectivity index (χ2v) is 4.10. The molecule has 0 spiro atoms. The highest BCUT2D eigenvalue weighted by Crippen LogP contribution is 2.22. The largest absolute Gasteiger partial charge is 0.398 e. The summed E-state index contributed by atoms with van der Waals surface area (Å²) >= 11 is 0. The number of imidazole rings is 1. The number of aromatic nitrogens is 3. The van der Waals surface area contributed by atoms with Gasteiger partial charge in [0.15, 0.2) is 0 Å². The Morgan fingerprint density at radius 1 is 1.22 bits per heavy atom. The average Bonchev–Trinajstić information content (AvgIpc) is 2.68. The molecule has 3 heterocycles. The topological polar surface area (TPSA) is 56.2 Å². The lowest BCUT2D eigenvalue weighted by atomic mass is 10.2. The molecule has 0 aliphatic carbocycles. The lowest BCUT2D eigenvalue weighted by Gasteiger charge is -1.99. The molecule has 0 atom stereocenters. The number of fused-ring (bicyclic) bond motifs is 1. The molecule has 0 radical (unpaired) electrons. The number of rotatable bonds is 1. The van der Waals surface area contributed by atoms with Gasteiger partial charge < -0.3 is 10.1 Å². The normalized spacial score (nSPS) is 11.0. The van der Waals surface area contributed by atoms with Crippen molar-refractivity contribution in [1.29, 1.82) is 0 Å². The molecule has 0 amide bonds. The minimum Gasteiger partial charge on any atom is -0.398 e. The van der Waals surface area contributed by atoms with Gasteiger partial charge in [-0.3, -0.25) is 4.98 Å². The van der Waals surface area contributed by atoms with Crippen molar-refractivity contribution in [3.8, 4) is 11.4 Å². The molecular weight excluding hydrogens is 231 g/mol. The van der Waals surface area contributed by atoms with E-state index in [1.807, 2.05) is 23.6 Å². The Labute approximate surface area is 103 Å². The van der Waals surface area contributed by atoms with E-state index in [-0.39, 0.29) is 5.82 Å². The van der Waals surface area contributed by atoms with Gasteiger partial charge in [-0.25, -0.2) is 9.37 Å². The van der Waals surface area contributed by atoms with Crippen molar-refractivity contribution in [1.82, 2.24) is 14.4 Å². The monoisotopic (exact) mass is 242 g/mol. The van der Waals surface area contributed by atoms with E-state index in [1.54, 1.807) is 12.1 Å². The maximum Gasteiger partial charge on any atom is 0.141 e. The highest BCUT2D eigenvalue weighted by Gasteiger charge is 2.11. The highest BCUT2D eigenvalue weighted by molar-refractivity contribution is 5.64. The fourth-order valence-electron chi connectivity index (χ4n) is 1.94. The number of anilines is 1. The van der Waals surface area contributed by atoms with Gasteiger partial charge in [0, 0.05) is 17.6 Å². The zero-order valence-electron chi connectivity index (χ0n) is 9.76. The first-order valence-corrected chi connectivity index (χ1v) is 5.51. The number of hydrogen-bond donors (Lipinski definition) is 1. The Bertz CT molecular complexity index is 716.